The molecule has 1 aliphatic carbocycles. The minimum Gasteiger partial charge on any atom is -0.481 e. The van der Waals surface area contributed by atoms with E-state index < -0.39 is 5.97 Å². The molecule has 1 N–H and O–H groups in total. The lowest BCUT2D eigenvalue weighted by atomic mass is 9.80. The van der Waals surface area contributed by atoms with Gasteiger partial charge in [0.05, 0.1) is 0 Å². The molecule has 0 amide bonds. The second-order valence-electron chi connectivity index (χ2n) is 5.74. The standard InChI is InChI=1S/C15H22N2O3/c1-9-13(7-8-14(18)19)11(3)17(15(20)16-9)10(2)12-5-4-6-12/h10,12H,4-8H2,1-3H3,(H,18,19). The van der Waals surface area contributed by atoms with Crippen LogP contribution >= 0.6 is 0 Å². The topological polar surface area (TPSA) is 72.2 Å². The fraction of sp³-hybridized carbons (Fsp3) is 0.667. The van der Waals surface area contributed by atoms with E-state index in [-0.39, 0.29) is 18.2 Å². The molecule has 1 aromatic heterocycles. The first-order valence-corrected chi connectivity index (χ1v) is 7.22. The molecule has 20 heavy (non-hydrogen) atoms. The van der Waals surface area contributed by atoms with Gasteiger partial charge in [0.25, 0.3) is 0 Å². The maximum Gasteiger partial charge on any atom is 0.348 e. The van der Waals surface area contributed by atoms with Gasteiger partial charge in [-0.2, -0.15) is 4.98 Å². The quantitative estimate of drug-likeness (QED) is 0.896. The number of rotatable bonds is 5. The maximum atomic E-state index is 12.2. The Morgan fingerprint density at radius 2 is 2.10 bits per heavy atom. The molecule has 1 unspecified atom stereocenters. The fourth-order valence-corrected chi connectivity index (χ4v) is 3.02. The predicted molar refractivity (Wildman–Crippen MR) is 76.0 cm³/mol. The van der Waals surface area contributed by atoms with E-state index in [0.29, 0.717) is 18.0 Å². The van der Waals surface area contributed by atoms with Crippen LogP contribution in [0.25, 0.3) is 0 Å². The second-order valence-corrected chi connectivity index (χ2v) is 5.74. The molecule has 1 saturated carbocycles. The molecule has 110 valence electrons. The number of aryl methyl sites for hydroxylation is 1. The van der Waals surface area contributed by atoms with Gasteiger partial charge in [-0.05, 0) is 51.5 Å². The Labute approximate surface area is 118 Å². The second kappa shape index (κ2) is 5.77. The molecule has 5 heteroatoms. The van der Waals surface area contributed by atoms with Crippen molar-refractivity contribution in [3.05, 3.63) is 27.4 Å². The van der Waals surface area contributed by atoms with E-state index >= 15 is 0 Å². The van der Waals surface area contributed by atoms with Crippen molar-refractivity contribution in [1.82, 2.24) is 9.55 Å². The van der Waals surface area contributed by atoms with Crippen molar-refractivity contribution < 1.29 is 9.90 Å². The zero-order valence-electron chi connectivity index (χ0n) is 12.3. The summed E-state index contributed by atoms with van der Waals surface area (Å²) in [6.45, 7) is 5.75. The monoisotopic (exact) mass is 278 g/mol. The van der Waals surface area contributed by atoms with E-state index in [2.05, 4.69) is 11.9 Å². The third kappa shape index (κ3) is 2.76. The van der Waals surface area contributed by atoms with Gasteiger partial charge in [-0.25, -0.2) is 4.79 Å². The van der Waals surface area contributed by atoms with Crippen molar-refractivity contribution >= 4 is 5.97 Å². The van der Waals surface area contributed by atoms with Gasteiger partial charge < -0.3 is 5.11 Å². The zero-order valence-corrected chi connectivity index (χ0v) is 12.3. The molecule has 1 aliphatic rings. The van der Waals surface area contributed by atoms with Gasteiger partial charge in [0.1, 0.15) is 0 Å². The van der Waals surface area contributed by atoms with Crippen LogP contribution in [-0.4, -0.2) is 20.6 Å². The minimum absolute atomic E-state index is 0.0688. The average molecular weight is 278 g/mol. The lowest BCUT2D eigenvalue weighted by molar-refractivity contribution is -0.136. The van der Waals surface area contributed by atoms with E-state index in [1.54, 1.807) is 11.5 Å². The Hall–Kier alpha value is -1.65. The van der Waals surface area contributed by atoms with Crippen molar-refractivity contribution in [2.45, 2.75) is 58.9 Å². The molecular weight excluding hydrogens is 256 g/mol. The Morgan fingerprint density at radius 3 is 2.60 bits per heavy atom. The summed E-state index contributed by atoms with van der Waals surface area (Å²) in [5, 5.41) is 8.84. The Morgan fingerprint density at radius 1 is 1.45 bits per heavy atom. The van der Waals surface area contributed by atoms with Crippen LogP contribution in [0.15, 0.2) is 4.79 Å². The summed E-state index contributed by atoms with van der Waals surface area (Å²) in [7, 11) is 0. The number of hydrogen-bond donors (Lipinski definition) is 1. The van der Waals surface area contributed by atoms with Crippen molar-refractivity contribution in [3.8, 4) is 0 Å². The van der Waals surface area contributed by atoms with E-state index in [9.17, 15) is 9.59 Å². The summed E-state index contributed by atoms with van der Waals surface area (Å²) in [5.74, 6) is -0.281. The van der Waals surface area contributed by atoms with E-state index in [4.69, 9.17) is 5.11 Å². The van der Waals surface area contributed by atoms with Gasteiger partial charge in [0.2, 0.25) is 0 Å². The average Bonchev–Trinajstić information content (AvgIpc) is 2.24. The molecule has 0 radical (unpaired) electrons. The molecule has 2 rings (SSSR count). The summed E-state index contributed by atoms with van der Waals surface area (Å²) in [6, 6.07) is 0.146. The van der Waals surface area contributed by atoms with Gasteiger partial charge in [-0.15, -0.1) is 0 Å². The number of carboxylic acids is 1. The molecule has 1 fully saturated rings. The molecular formula is C15H22N2O3. The minimum atomic E-state index is -0.825. The first-order valence-electron chi connectivity index (χ1n) is 7.22. The molecule has 1 heterocycles. The summed E-state index contributed by atoms with van der Waals surface area (Å²) in [4.78, 5) is 27.0. The van der Waals surface area contributed by atoms with Crippen LogP contribution in [0.3, 0.4) is 0 Å². The van der Waals surface area contributed by atoms with Crippen molar-refractivity contribution in [3.63, 3.8) is 0 Å². The van der Waals surface area contributed by atoms with Crippen LogP contribution in [-0.2, 0) is 11.2 Å². The molecule has 1 aromatic rings. The third-order valence-corrected chi connectivity index (χ3v) is 4.53. The Balaban J connectivity index is 2.38. The largest absolute Gasteiger partial charge is 0.481 e. The fourth-order valence-electron chi connectivity index (χ4n) is 3.02. The number of hydrogen-bond acceptors (Lipinski definition) is 3. The highest BCUT2D eigenvalue weighted by Crippen LogP contribution is 2.36. The smallest absolute Gasteiger partial charge is 0.348 e. The van der Waals surface area contributed by atoms with E-state index in [0.717, 1.165) is 24.1 Å². The summed E-state index contributed by atoms with van der Waals surface area (Å²) >= 11 is 0. The van der Waals surface area contributed by atoms with E-state index in [1.165, 1.54) is 6.42 Å². The van der Waals surface area contributed by atoms with Gasteiger partial charge in [-0.1, -0.05) is 6.42 Å². The van der Waals surface area contributed by atoms with Crippen LogP contribution in [0.4, 0.5) is 0 Å². The van der Waals surface area contributed by atoms with Crippen LogP contribution in [0.2, 0.25) is 0 Å². The van der Waals surface area contributed by atoms with Crippen LogP contribution < -0.4 is 5.69 Å². The van der Waals surface area contributed by atoms with Gasteiger partial charge in [0.15, 0.2) is 0 Å². The van der Waals surface area contributed by atoms with Crippen LogP contribution in [0.5, 0.6) is 0 Å². The SMILES string of the molecule is Cc1nc(=O)n(C(C)C2CCC2)c(C)c1CCC(=O)O. The Kier molecular flexibility index (Phi) is 4.26. The lowest BCUT2D eigenvalue weighted by Gasteiger charge is -2.33. The summed E-state index contributed by atoms with van der Waals surface area (Å²) in [6.07, 6.45) is 4.04. The van der Waals surface area contributed by atoms with Gasteiger partial charge in [-0.3, -0.25) is 9.36 Å². The predicted octanol–water partition coefficient (Wildman–Crippen LogP) is 2.24. The van der Waals surface area contributed by atoms with E-state index in [1.807, 2.05) is 6.92 Å². The molecule has 0 spiro atoms. The zero-order chi connectivity index (χ0) is 14.9. The molecule has 5 nitrogen and oxygen atoms in total. The summed E-state index contributed by atoms with van der Waals surface area (Å²) in [5.41, 5.74) is 2.23. The first-order chi connectivity index (χ1) is 9.41. The third-order valence-electron chi connectivity index (χ3n) is 4.53. The van der Waals surface area contributed by atoms with Crippen LogP contribution in [0.1, 0.15) is 55.6 Å². The number of aliphatic carboxylic acids is 1. The van der Waals surface area contributed by atoms with Crippen molar-refractivity contribution in [1.29, 1.82) is 0 Å². The van der Waals surface area contributed by atoms with Crippen molar-refractivity contribution in [2.75, 3.05) is 0 Å². The van der Waals surface area contributed by atoms with Crippen molar-refractivity contribution in [2.24, 2.45) is 5.92 Å². The Bertz CT molecular complexity index is 573. The van der Waals surface area contributed by atoms with Gasteiger partial charge >= 0.3 is 11.7 Å². The maximum absolute atomic E-state index is 12.2. The molecule has 0 bridgehead atoms. The van der Waals surface area contributed by atoms with Gasteiger partial charge in [0, 0.05) is 23.9 Å². The molecule has 1 atom stereocenters. The lowest BCUT2D eigenvalue weighted by Crippen LogP contribution is -2.35. The number of aromatic nitrogens is 2. The number of carbonyl (C=O) groups is 1. The highest BCUT2D eigenvalue weighted by Gasteiger charge is 2.27. The first kappa shape index (κ1) is 14.8. The molecule has 0 saturated heterocycles. The number of carboxylic acid groups (broad SMARTS) is 1. The molecule has 0 aliphatic heterocycles. The normalized spacial score (nSPS) is 16.8. The number of nitrogens with zero attached hydrogens (tertiary/aromatic N) is 2. The molecule has 0 aromatic carbocycles. The highest BCUT2D eigenvalue weighted by molar-refractivity contribution is 5.67. The van der Waals surface area contributed by atoms with Crippen LogP contribution in [0, 0.1) is 19.8 Å². The highest BCUT2D eigenvalue weighted by atomic mass is 16.4. The summed E-state index contributed by atoms with van der Waals surface area (Å²) < 4.78 is 1.76.